The minimum atomic E-state index is 0.673. The van der Waals surface area contributed by atoms with Crippen LogP contribution >= 0.6 is 0 Å². The van der Waals surface area contributed by atoms with E-state index in [2.05, 4.69) is 29.4 Å². The first-order valence-corrected chi connectivity index (χ1v) is 10.1. The van der Waals surface area contributed by atoms with E-state index in [1.165, 1.54) is 32.5 Å². The van der Waals surface area contributed by atoms with Crippen molar-refractivity contribution in [3.63, 3.8) is 0 Å². The number of nitrogens with zero attached hydrogens (tertiary/aromatic N) is 2. The van der Waals surface area contributed by atoms with E-state index < -0.39 is 0 Å². The molecule has 1 rings (SSSR count). The van der Waals surface area contributed by atoms with Gasteiger partial charge in [-0.05, 0) is 64.6 Å². The number of hydrogen-bond acceptors (Lipinski definition) is 4. The highest BCUT2D eigenvalue weighted by Gasteiger charge is 2.14. The van der Waals surface area contributed by atoms with Crippen molar-refractivity contribution in [2.75, 3.05) is 66.2 Å². The molecule has 0 radical (unpaired) electrons. The molecule has 0 bridgehead atoms. The van der Waals surface area contributed by atoms with Gasteiger partial charge in [0.25, 0.3) is 0 Å². The average molecular weight is 357 g/mol. The predicted molar refractivity (Wildman–Crippen MR) is 105 cm³/mol. The lowest BCUT2D eigenvalue weighted by molar-refractivity contribution is 0.0689. The van der Waals surface area contributed by atoms with Crippen molar-refractivity contribution in [2.45, 2.75) is 46.0 Å². The molecule has 0 saturated carbocycles. The van der Waals surface area contributed by atoms with Crippen LogP contribution in [0.2, 0.25) is 0 Å². The molecular formula is C19H40N4O2. The molecule has 25 heavy (non-hydrogen) atoms. The van der Waals surface area contributed by atoms with Gasteiger partial charge in [0.15, 0.2) is 5.96 Å². The second-order valence-corrected chi connectivity index (χ2v) is 6.88. The Morgan fingerprint density at radius 1 is 1.08 bits per heavy atom. The smallest absolute Gasteiger partial charge is 0.191 e. The van der Waals surface area contributed by atoms with Crippen LogP contribution in [0.5, 0.6) is 0 Å². The van der Waals surface area contributed by atoms with Crippen LogP contribution in [-0.2, 0) is 9.47 Å². The highest BCUT2D eigenvalue weighted by Crippen LogP contribution is 2.15. The van der Waals surface area contributed by atoms with Crippen molar-refractivity contribution in [3.8, 4) is 0 Å². The first-order valence-electron chi connectivity index (χ1n) is 10.1. The number of likely N-dealkylation sites (tertiary alicyclic amines) is 1. The topological polar surface area (TPSA) is 58.1 Å². The molecule has 6 nitrogen and oxygen atoms in total. The average Bonchev–Trinajstić information content (AvgIpc) is 2.62. The van der Waals surface area contributed by atoms with Gasteiger partial charge in [-0.1, -0.05) is 6.92 Å². The Morgan fingerprint density at radius 3 is 2.60 bits per heavy atom. The van der Waals surface area contributed by atoms with Crippen molar-refractivity contribution in [3.05, 3.63) is 0 Å². The minimum absolute atomic E-state index is 0.673. The first kappa shape index (κ1) is 22.2. The zero-order valence-corrected chi connectivity index (χ0v) is 16.7. The molecule has 148 valence electrons. The van der Waals surface area contributed by atoms with E-state index in [0.717, 1.165) is 57.4 Å². The Bertz CT molecular complexity index is 331. The van der Waals surface area contributed by atoms with Crippen LogP contribution in [0.15, 0.2) is 4.99 Å². The number of methoxy groups -OCH3 is 1. The van der Waals surface area contributed by atoms with Gasteiger partial charge in [-0.15, -0.1) is 0 Å². The van der Waals surface area contributed by atoms with Gasteiger partial charge in [-0.3, -0.25) is 4.99 Å². The van der Waals surface area contributed by atoms with Crippen LogP contribution in [0, 0.1) is 5.92 Å². The van der Waals surface area contributed by atoms with Crippen LogP contribution in [0.1, 0.15) is 46.0 Å². The monoisotopic (exact) mass is 356 g/mol. The fourth-order valence-electron chi connectivity index (χ4n) is 2.89. The predicted octanol–water partition coefficient (Wildman–Crippen LogP) is 2.11. The largest absolute Gasteiger partial charge is 0.382 e. The molecule has 1 saturated heterocycles. The van der Waals surface area contributed by atoms with E-state index in [9.17, 15) is 0 Å². The van der Waals surface area contributed by atoms with Crippen molar-refractivity contribution >= 4 is 5.96 Å². The van der Waals surface area contributed by atoms with Gasteiger partial charge in [0.1, 0.15) is 0 Å². The summed E-state index contributed by atoms with van der Waals surface area (Å²) in [4.78, 5) is 7.27. The van der Waals surface area contributed by atoms with Crippen LogP contribution in [0.3, 0.4) is 0 Å². The molecule has 1 fully saturated rings. The third kappa shape index (κ3) is 12.2. The van der Waals surface area contributed by atoms with Gasteiger partial charge in [0.2, 0.25) is 0 Å². The molecule has 0 atom stereocenters. The van der Waals surface area contributed by atoms with E-state index in [1.807, 2.05) is 0 Å². The second-order valence-electron chi connectivity index (χ2n) is 6.88. The number of aliphatic imine (C=N–C) groups is 1. The van der Waals surface area contributed by atoms with Gasteiger partial charge in [0.05, 0.1) is 13.2 Å². The molecule has 0 spiro atoms. The highest BCUT2D eigenvalue weighted by molar-refractivity contribution is 5.79. The molecule has 0 aliphatic carbocycles. The Hall–Kier alpha value is -0.850. The van der Waals surface area contributed by atoms with Gasteiger partial charge in [0, 0.05) is 33.4 Å². The zero-order valence-electron chi connectivity index (χ0n) is 16.7. The molecule has 0 amide bonds. The molecular weight excluding hydrogens is 316 g/mol. The number of guanidine groups is 1. The van der Waals surface area contributed by atoms with E-state index in [4.69, 9.17) is 14.5 Å². The standard InChI is InChI=1S/C19H40N4O2/c1-4-20-19(21-10-5-6-15-25-17-16-24-3)22-11-7-12-23-13-8-18(2)9-14-23/h18H,4-17H2,1-3H3,(H2,20,21,22). The molecule has 1 aliphatic heterocycles. The number of piperidine rings is 1. The molecule has 1 aliphatic rings. The summed E-state index contributed by atoms with van der Waals surface area (Å²) in [7, 11) is 1.70. The summed E-state index contributed by atoms with van der Waals surface area (Å²) < 4.78 is 10.4. The minimum Gasteiger partial charge on any atom is -0.382 e. The van der Waals surface area contributed by atoms with E-state index in [0.29, 0.717) is 13.2 Å². The lowest BCUT2D eigenvalue weighted by atomic mass is 9.99. The Kier molecular flexibility index (Phi) is 13.7. The molecule has 1 heterocycles. The van der Waals surface area contributed by atoms with Crippen LogP contribution in [-0.4, -0.2) is 77.1 Å². The van der Waals surface area contributed by atoms with Crippen molar-refractivity contribution in [1.29, 1.82) is 0 Å². The molecule has 0 aromatic heterocycles. The fourth-order valence-corrected chi connectivity index (χ4v) is 2.89. The maximum absolute atomic E-state index is 5.47. The molecule has 0 unspecified atom stereocenters. The van der Waals surface area contributed by atoms with Crippen LogP contribution < -0.4 is 10.6 Å². The quantitative estimate of drug-likeness (QED) is 0.301. The summed E-state index contributed by atoms with van der Waals surface area (Å²) in [5.41, 5.74) is 0. The lowest BCUT2D eigenvalue weighted by Crippen LogP contribution is -2.38. The third-order valence-corrected chi connectivity index (χ3v) is 4.56. The highest BCUT2D eigenvalue weighted by atomic mass is 16.5. The summed E-state index contributed by atoms with van der Waals surface area (Å²) in [5, 5.41) is 6.74. The van der Waals surface area contributed by atoms with E-state index in [1.54, 1.807) is 7.11 Å². The van der Waals surface area contributed by atoms with Gasteiger partial charge < -0.3 is 25.0 Å². The maximum Gasteiger partial charge on any atom is 0.191 e. The summed E-state index contributed by atoms with van der Waals surface area (Å²) in [5.74, 6) is 1.85. The number of ether oxygens (including phenoxy) is 2. The summed E-state index contributed by atoms with van der Waals surface area (Å²) in [6.45, 7) is 13.0. The number of rotatable bonds is 13. The molecule has 0 aromatic carbocycles. The van der Waals surface area contributed by atoms with Gasteiger partial charge in [-0.25, -0.2) is 0 Å². The summed E-state index contributed by atoms with van der Waals surface area (Å²) in [6, 6.07) is 0. The van der Waals surface area contributed by atoms with E-state index in [-0.39, 0.29) is 0 Å². The Balaban J connectivity index is 2.06. The van der Waals surface area contributed by atoms with Crippen LogP contribution in [0.25, 0.3) is 0 Å². The Labute approximate surface area is 154 Å². The van der Waals surface area contributed by atoms with Crippen molar-refractivity contribution in [1.82, 2.24) is 15.5 Å². The fraction of sp³-hybridized carbons (Fsp3) is 0.947. The second kappa shape index (κ2) is 15.4. The van der Waals surface area contributed by atoms with Crippen LogP contribution in [0.4, 0.5) is 0 Å². The zero-order chi connectivity index (χ0) is 18.2. The Morgan fingerprint density at radius 2 is 1.88 bits per heavy atom. The van der Waals surface area contributed by atoms with E-state index >= 15 is 0 Å². The number of hydrogen-bond donors (Lipinski definition) is 2. The first-order chi connectivity index (χ1) is 12.3. The van der Waals surface area contributed by atoms with Gasteiger partial charge in [-0.2, -0.15) is 0 Å². The lowest BCUT2D eigenvalue weighted by Gasteiger charge is -2.29. The van der Waals surface area contributed by atoms with Gasteiger partial charge >= 0.3 is 0 Å². The number of nitrogens with one attached hydrogen (secondary N) is 2. The van der Waals surface area contributed by atoms with Crippen molar-refractivity contribution in [2.24, 2.45) is 10.9 Å². The molecule has 0 aromatic rings. The third-order valence-electron chi connectivity index (χ3n) is 4.56. The SMILES string of the molecule is CCNC(=NCCCN1CCC(C)CC1)NCCCCOCCOC. The maximum atomic E-state index is 5.47. The molecule has 6 heteroatoms. The summed E-state index contributed by atoms with van der Waals surface area (Å²) in [6.07, 6.45) is 5.98. The molecule has 2 N–H and O–H groups in total. The van der Waals surface area contributed by atoms with Crippen molar-refractivity contribution < 1.29 is 9.47 Å². The summed E-state index contributed by atoms with van der Waals surface area (Å²) >= 11 is 0. The number of unbranched alkanes of at least 4 members (excludes halogenated alkanes) is 1. The normalized spacial score (nSPS) is 17.0.